The molecule has 1 fully saturated rings. The van der Waals surface area contributed by atoms with E-state index in [1.165, 1.54) is 18.2 Å². The van der Waals surface area contributed by atoms with Crippen LogP contribution in [0.25, 0.3) is 0 Å². The van der Waals surface area contributed by atoms with Crippen LogP contribution in [0.1, 0.15) is 41.7 Å². The van der Waals surface area contributed by atoms with Gasteiger partial charge in [-0.15, -0.1) is 0 Å². The summed E-state index contributed by atoms with van der Waals surface area (Å²) in [4.78, 5) is 14.1. The molecule has 1 saturated heterocycles. The normalized spacial score (nSPS) is 23.7. The molecule has 0 unspecified atom stereocenters. The van der Waals surface area contributed by atoms with Crippen LogP contribution >= 0.6 is 0 Å². The monoisotopic (exact) mass is 494 g/mol. The number of nitrogens with zero attached hydrogens (tertiary/aromatic N) is 1. The molecular weight excluding hydrogens is 464 g/mol. The number of ether oxygens (including phenoxy) is 1. The molecule has 6 nitrogen and oxygen atoms in total. The van der Waals surface area contributed by atoms with Gasteiger partial charge in [0, 0.05) is 36.8 Å². The summed E-state index contributed by atoms with van der Waals surface area (Å²) in [5.41, 5.74) is 1.11. The molecule has 2 heterocycles. The Hall–Kier alpha value is -2.85. The summed E-state index contributed by atoms with van der Waals surface area (Å²) >= 11 is 0. The van der Waals surface area contributed by atoms with Crippen LogP contribution < -0.4 is 16.0 Å². The van der Waals surface area contributed by atoms with Gasteiger partial charge in [-0.1, -0.05) is 12.1 Å². The third kappa shape index (κ3) is 6.05. The van der Waals surface area contributed by atoms with Crippen LogP contribution in [0.15, 0.2) is 42.5 Å². The van der Waals surface area contributed by atoms with E-state index in [4.69, 9.17) is 4.74 Å². The van der Waals surface area contributed by atoms with E-state index in [0.29, 0.717) is 37.2 Å². The largest absolute Gasteiger partial charge is 0.416 e. The number of carbonyl (C=O) groups is 1. The van der Waals surface area contributed by atoms with E-state index in [1.54, 1.807) is 12.1 Å². The molecular formula is C25H30F4N4O2. The molecule has 10 heteroatoms. The van der Waals surface area contributed by atoms with Crippen LogP contribution in [0.5, 0.6) is 0 Å². The van der Waals surface area contributed by atoms with Crippen molar-refractivity contribution in [3.63, 3.8) is 0 Å². The Kier molecular flexibility index (Phi) is 7.51. The molecule has 4 atom stereocenters. The summed E-state index contributed by atoms with van der Waals surface area (Å²) in [6.45, 7) is 1.45. The fraction of sp³-hybridized carbons (Fsp3) is 0.480. The van der Waals surface area contributed by atoms with Crippen LogP contribution in [-0.2, 0) is 10.9 Å². The van der Waals surface area contributed by atoms with Crippen LogP contribution in [0.2, 0.25) is 0 Å². The third-order valence-corrected chi connectivity index (χ3v) is 6.54. The molecule has 0 bridgehead atoms. The number of fused-ring (bicyclic) bond motifs is 3. The third-order valence-electron chi connectivity index (χ3n) is 6.54. The van der Waals surface area contributed by atoms with E-state index < -0.39 is 17.8 Å². The number of likely N-dealkylation sites (N-methyl/N-ethyl adjacent to an activating group) is 1. The number of urea groups is 1. The molecule has 3 N–H and O–H groups in total. The minimum absolute atomic E-state index is 0.151. The number of nitrogens with one attached hydrogen (secondary N) is 3. The Labute approximate surface area is 202 Å². The van der Waals surface area contributed by atoms with Gasteiger partial charge in [0.15, 0.2) is 0 Å². The summed E-state index contributed by atoms with van der Waals surface area (Å²) in [7, 11) is 3.82. The number of rotatable bonds is 6. The van der Waals surface area contributed by atoms with Crippen molar-refractivity contribution in [1.82, 2.24) is 15.5 Å². The quantitative estimate of drug-likeness (QED) is 0.509. The first-order valence-electron chi connectivity index (χ1n) is 11.7. The second-order valence-electron chi connectivity index (χ2n) is 9.33. The Morgan fingerprint density at radius 2 is 1.86 bits per heavy atom. The maximum Gasteiger partial charge on any atom is 0.416 e. The fourth-order valence-corrected chi connectivity index (χ4v) is 4.74. The van der Waals surface area contributed by atoms with Gasteiger partial charge in [0.05, 0.1) is 23.8 Å². The fourth-order valence-electron chi connectivity index (χ4n) is 4.74. The Bertz CT molecular complexity index is 1030. The molecule has 35 heavy (non-hydrogen) atoms. The molecule has 0 radical (unpaired) electrons. The molecule has 2 amide bonds. The number of carbonyl (C=O) groups excluding carboxylic acids is 1. The lowest BCUT2D eigenvalue weighted by molar-refractivity contribution is -0.138. The van der Waals surface area contributed by atoms with Crippen molar-refractivity contribution in [1.29, 1.82) is 0 Å². The zero-order valence-corrected chi connectivity index (χ0v) is 19.7. The summed E-state index contributed by atoms with van der Waals surface area (Å²) in [5.74, 6) is -0.507. The first-order valence-corrected chi connectivity index (χ1v) is 11.7. The molecule has 2 aromatic rings. The number of halogens is 4. The van der Waals surface area contributed by atoms with E-state index in [-0.39, 0.29) is 36.5 Å². The molecule has 0 aromatic heterocycles. The van der Waals surface area contributed by atoms with Crippen molar-refractivity contribution in [2.24, 2.45) is 5.92 Å². The number of anilines is 1. The van der Waals surface area contributed by atoms with E-state index in [0.717, 1.165) is 17.7 Å². The lowest BCUT2D eigenvalue weighted by Crippen LogP contribution is -2.46. The Morgan fingerprint density at radius 3 is 2.54 bits per heavy atom. The smallest absolute Gasteiger partial charge is 0.378 e. The summed E-state index contributed by atoms with van der Waals surface area (Å²) in [6.07, 6.45) is -4.11. The van der Waals surface area contributed by atoms with E-state index in [1.807, 2.05) is 19.0 Å². The molecule has 2 aromatic carbocycles. The number of alkyl halides is 3. The number of benzene rings is 2. The first kappa shape index (κ1) is 25.2. The number of amides is 2. The van der Waals surface area contributed by atoms with Crippen LogP contribution in [0, 0.1) is 11.7 Å². The van der Waals surface area contributed by atoms with Gasteiger partial charge in [-0.05, 0) is 62.8 Å². The highest BCUT2D eigenvalue weighted by molar-refractivity contribution is 5.73. The van der Waals surface area contributed by atoms with E-state index in [9.17, 15) is 22.4 Å². The van der Waals surface area contributed by atoms with Crippen molar-refractivity contribution in [2.75, 3.05) is 39.0 Å². The zero-order valence-electron chi connectivity index (χ0n) is 19.7. The van der Waals surface area contributed by atoms with E-state index >= 15 is 0 Å². The maximum atomic E-state index is 13.5. The van der Waals surface area contributed by atoms with Crippen molar-refractivity contribution >= 4 is 11.7 Å². The number of hydrogen-bond acceptors (Lipinski definition) is 4. The predicted molar refractivity (Wildman–Crippen MR) is 125 cm³/mol. The van der Waals surface area contributed by atoms with Crippen molar-refractivity contribution in [3.8, 4) is 0 Å². The lowest BCUT2D eigenvalue weighted by atomic mass is 9.76. The highest BCUT2D eigenvalue weighted by atomic mass is 19.4. The van der Waals surface area contributed by atoms with Gasteiger partial charge < -0.3 is 25.6 Å². The standard InChI is InChI=1S/C25H30F4N4O2/c1-33(2)12-11-30-24(34)31-14-18-8-9-19-22(15-3-6-17(26)7-4-15)32-21-10-5-16(25(27,28)29)13-20(21)23(19)35-18/h3-7,10,13,18-19,22-23,32H,8-9,11-12,14H2,1-2H3,(H2,30,31,34)/t18-,19+,22+,23+/m1/s1. The Balaban J connectivity index is 1.53. The minimum Gasteiger partial charge on any atom is -0.378 e. The van der Waals surface area contributed by atoms with Crippen molar-refractivity contribution in [3.05, 3.63) is 65.0 Å². The highest BCUT2D eigenvalue weighted by Crippen LogP contribution is 2.51. The second-order valence-corrected chi connectivity index (χ2v) is 9.33. The molecule has 0 spiro atoms. The molecule has 2 aliphatic rings. The topological polar surface area (TPSA) is 65.6 Å². The average molecular weight is 495 g/mol. The zero-order chi connectivity index (χ0) is 25.2. The summed E-state index contributed by atoms with van der Waals surface area (Å²) in [6, 6.07) is 9.18. The molecule has 4 rings (SSSR count). The molecule has 0 aliphatic carbocycles. The van der Waals surface area contributed by atoms with Gasteiger partial charge in [-0.3, -0.25) is 0 Å². The number of hydrogen-bond donors (Lipinski definition) is 3. The van der Waals surface area contributed by atoms with Gasteiger partial charge in [0.2, 0.25) is 0 Å². The molecule has 190 valence electrons. The average Bonchev–Trinajstić information content (AvgIpc) is 2.81. The highest BCUT2D eigenvalue weighted by Gasteiger charge is 2.43. The maximum absolute atomic E-state index is 13.5. The van der Waals surface area contributed by atoms with Crippen LogP contribution in [-0.4, -0.2) is 50.8 Å². The van der Waals surface area contributed by atoms with Gasteiger partial charge in [0.1, 0.15) is 5.82 Å². The lowest BCUT2D eigenvalue weighted by Gasteiger charge is -2.46. The molecule has 2 aliphatic heterocycles. The second kappa shape index (κ2) is 10.4. The van der Waals surface area contributed by atoms with Crippen molar-refractivity contribution in [2.45, 2.75) is 37.3 Å². The predicted octanol–water partition coefficient (Wildman–Crippen LogP) is 4.71. The molecule has 0 saturated carbocycles. The summed E-state index contributed by atoms with van der Waals surface area (Å²) in [5, 5.41) is 8.92. The van der Waals surface area contributed by atoms with Gasteiger partial charge >= 0.3 is 12.2 Å². The van der Waals surface area contributed by atoms with Crippen LogP contribution in [0.4, 0.5) is 28.0 Å². The van der Waals surface area contributed by atoms with Gasteiger partial charge in [-0.2, -0.15) is 13.2 Å². The van der Waals surface area contributed by atoms with Gasteiger partial charge in [-0.25, -0.2) is 9.18 Å². The van der Waals surface area contributed by atoms with E-state index in [2.05, 4.69) is 16.0 Å². The summed E-state index contributed by atoms with van der Waals surface area (Å²) < 4.78 is 60.2. The SMILES string of the molecule is CN(C)CCNC(=O)NC[C@H]1CC[C@@H]2[C@H](O1)c1cc(C(F)(F)F)ccc1N[C@H]2c1ccc(F)cc1. The Morgan fingerprint density at radius 1 is 1.11 bits per heavy atom. The minimum atomic E-state index is -4.47. The van der Waals surface area contributed by atoms with Crippen molar-refractivity contribution < 1.29 is 27.1 Å². The first-order chi connectivity index (χ1) is 16.6. The van der Waals surface area contributed by atoms with Gasteiger partial charge in [0.25, 0.3) is 0 Å². The van der Waals surface area contributed by atoms with Crippen LogP contribution in [0.3, 0.4) is 0 Å².